The third-order valence-corrected chi connectivity index (χ3v) is 3.98. The molecule has 1 amide bonds. The van der Waals surface area contributed by atoms with Gasteiger partial charge in [0.2, 0.25) is 5.91 Å². The summed E-state index contributed by atoms with van der Waals surface area (Å²) in [5.74, 6) is 0.700. The largest absolute Gasteiger partial charge is 0.323 e. The zero-order valence-corrected chi connectivity index (χ0v) is 13.5. The van der Waals surface area contributed by atoms with Gasteiger partial charge in [0, 0.05) is 16.1 Å². The Morgan fingerprint density at radius 3 is 3.10 bits per heavy atom. The van der Waals surface area contributed by atoms with E-state index in [9.17, 15) is 4.79 Å². The predicted octanol–water partition coefficient (Wildman–Crippen LogP) is 3.02. The Morgan fingerprint density at radius 2 is 2.35 bits per heavy atom. The summed E-state index contributed by atoms with van der Waals surface area (Å²) in [5.41, 5.74) is 7.33. The molecule has 106 valence electrons. The third-order valence-electron chi connectivity index (χ3n) is 2.91. The molecule has 0 saturated carbocycles. The highest BCUT2D eigenvalue weighted by atomic mass is 79.9. The van der Waals surface area contributed by atoms with Crippen LogP contribution in [0.1, 0.15) is 6.42 Å². The zero-order chi connectivity index (χ0) is 14.5. The van der Waals surface area contributed by atoms with E-state index in [1.54, 1.807) is 18.0 Å². The summed E-state index contributed by atoms with van der Waals surface area (Å²) in [7, 11) is 0. The molecular formula is C14H16BrN3OS. The number of aromatic nitrogens is 1. The molecule has 0 aliphatic carbocycles. The third kappa shape index (κ3) is 3.71. The van der Waals surface area contributed by atoms with Crippen LogP contribution in [0.3, 0.4) is 0 Å². The maximum atomic E-state index is 12.0. The highest BCUT2D eigenvalue weighted by molar-refractivity contribution is 9.10. The normalized spacial score (nSPS) is 12.3. The fraction of sp³-hybridized carbons (Fsp3) is 0.286. The molecule has 4 nitrogen and oxygen atoms in total. The summed E-state index contributed by atoms with van der Waals surface area (Å²) in [6.45, 7) is 0. The molecule has 0 aliphatic heterocycles. The smallest absolute Gasteiger partial charge is 0.241 e. The summed E-state index contributed by atoms with van der Waals surface area (Å²) in [6.07, 6.45) is 4.37. The lowest BCUT2D eigenvalue weighted by Crippen LogP contribution is -2.36. The maximum Gasteiger partial charge on any atom is 0.241 e. The number of hydrogen-bond acceptors (Lipinski definition) is 4. The van der Waals surface area contributed by atoms with E-state index >= 15 is 0 Å². The number of para-hydroxylation sites is 1. The number of fused-ring (bicyclic) bond motifs is 1. The van der Waals surface area contributed by atoms with Crippen LogP contribution in [0.5, 0.6) is 0 Å². The van der Waals surface area contributed by atoms with Gasteiger partial charge < -0.3 is 11.1 Å². The van der Waals surface area contributed by atoms with E-state index in [0.29, 0.717) is 12.1 Å². The Hall–Kier alpha value is -1.11. The van der Waals surface area contributed by atoms with Crippen LogP contribution >= 0.6 is 27.7 Å². The summed E-state index contributed by atoms with van der Waals surface area (Å²) in [5, 5.41) is 3.83. The Morgan fingerprint density at radius 1 is 1.55 bits per heavy atom. The van der Waals surface area contributed by atoms with Crippen LogP contribution in [-0.4, -0.2) is 28.9 Å². The Labute approximate surface area is 130 Å². The summed E-state index contributed by atoms with van der Waals surface area (Å²) >= 11 is 5.07. The van der Waals surface area contributed by atoms with E-state index in [1.165, 1.54) is 0 Å². The molecular weight excluding hydrogens is 338 g/mol. The second kappa shape index (κ2) is 7.06. The van der Waals surface area contributed by atoms with Gasteiger partial charge in [-0.1, -0.05) is 12.1 Å². The van der Waals surface area contributed by atoms with E-state index < -0.39 is 6.04 Å². The van der Waals surface area contributed by atoms with Crippen LogP contribution in [0.15, 0.2) is 34.9 Å². The van der Waals surface area contributed by atoms with Crippen LogP contribution in [0.4, 0.5) is 5.69 Å². The number of nitrogens with one attached hydrogen (secondary N) is 1. The van der Waals surface area contributed by atoms with Crippen LogP contribution in [0.25, 0.3) is 10.9 Å². The second-order valence-electron chi connectivity index (χ2n) is 4.41. The van der Waals surface area contributed by atoms with Crippen molar-refractivity contribution in [2.24, 2.45) is 5.73 Å². The van der Waals surface area contributed by atoms with Crippen LogP contribution < -0.4 is 11.1 Å². The van der Waals surface area contributed by atoms with Gasteiger partial charge in [0.15, 0.2) is 0 Å². The van der Waals surface area contributed by atoms with E-state index in [2.05, 4.69) is 26.2 Å². The van der Waals surface area contributed by atoms with E-state index in [1.807, 2.05) is 30.5 Å². The minimum atomic E-state index is -0.492. The van der Waals surface area contributed by atoms with Gasteiger partial charge in [0.25, 0.3) is 0 Å². The lowest BCUT2D eigenvalue weighted by molar-refractivity contribution is -0.117. The van der Waals surface area contributed by atoms with Gasteiger partial charge in [0.05, 0.1) is 17.2 Å². The number of carbonyl (C=O) groups is 1. The molecule has 0 radical (unpaired) electrons. The van der Waals surface area contributed by atoms with Crippen LogP contribution in [-0.2, 0) is 4.79 Å². The Bertz CT molecular complexity index is 620. The van der Waals surface area contributed by atoms with Crippen molar-refractivity contribution >= 4 is 50.2 Å². The number of nitrogens with zero attached hydrogens (tertiary/aromatic N) is 1. The standard InChI is InChI=1S/C14H16BrN3OS/c1-20-6-5-11(16)14(19)18-12-4-2-3-9-7-10(15)8-17-13(9)12/h2-4,7-8,11H,5-6,16H2,1H3,(H,18,19)/t11-/m1/s1. The van der Waals surface area contributed by atoms with Crippen molar-refractivity contribution < 1.29 is 4.79 Å². The second-order valence-corrected chi connectivity index (χ2v) is 6.31. The number of rotatable bonds is 5. The average Bonchev–Trinajstić information content (AvgIpc) is 2.44. The number of amides is 1. The minimum Gasteiger partial charge on any atom is -0.323 e. The molecule has 0 bridgehead atoms. The SMILES string of the molecule is CSCC[C@@H](N)C(=O)Nc1cccc2cc(Br)cnc12. The van der Waals surface area contributed by atoms with Gasteiger partial charge in [-0.3, -0.25) is 9.78 Å². The number of halogens is 1. The maximum absolute atomic E-state index is 12.0. The number of carbonyl (C=O) groups excluding carboxylic acids is 1. The van der Waals surface area contributed by atoms with Crippen molar-refractivity contribution in [2.45, 2.75) is 12.5 Å². The van der Waals surface area contributed by atoms with Gasteiger partial charge >= 0.3 is 0 Å². The molecule has 0 unspecified atom stereocenters. The van der Waals surface area contributed by atoms with E-state index in [4.69, 9.17) is 5.73 Å². The molecule has 0 fully saturated rings. The first kappa shape index (κ1) is 15.3. The minimum absolute atomic E-state index is 0.170. The van der Waals surface area contributed by atoms with E-state index in [-0.39, 0.29) is 5.91 Å². The molecule has 2 aromatic rings. The lowest BCUT2D eigenvalue weighted by atomic mass is 10.1. The summed E-state index contributed by atoms with van der Waals surface area (Å²) in [4.78, 5) is 16.4. The number of pyridine rings is 1. The lowest BCUT2D eigenvalue weighted by Gasteiger charge is -2.13. The predicted molar refractivity (Wildman–Crippen MR) is 89.0 cm³/mol. The molecule has 3 N–H and O–H groups in total. The van der Waals surface area contributed by atoms with Crippen LogP contribution in [0.2, 0.25) is 0 Å². The summed E-state index contributed by atoms with van der Waals surface area (Å²) in [6, 6.07) is 7.15. The fourth-order valence-corrected chi connectivity index (χ4v) is 2.67. The monoisotopic (exact) mass is 353 g/mol. The molecule has 20 heavy (non-hydrogen) atoms. The number of nitrogens with two attached hydrogens (primary N) is 1. The highest BCUT2D eigenvalue weighted by Gasteiger charge is 2.14. The molecule has 0 spiro atoms. The van der Waals surface area contributed by atoms with Crippen molar-refractivity contribution in [3.05, 3.63) is 34.9 Å². The van der Waals surface area contributed by atoms with Gasteiger partial charge in [-0.15, -0.1) is 0 Å². The van der Waals surface area contributed by atoms with Crippen molar-refractivity contribution in [1.29, 1.82) is 0 Å². The van der Waals surface area contributed by atoms with Crippen molar-refractivity contribution in [3.8, 4) is 0 Å². The van der Waals surface area contributed by atoms with Crippen molar-refractivity contribution in [3.63, 3.8) is 0 Å². The molecule has 2 rings (SSSR count). The van der Waals surface area contributed by atoms with Crippen molar-refractivity contribution in [1.82, 2.24) is 4.98 Å². The number of anilines is 1. The topological polar surface area (TPSA) is 68.0 Å². The van der Waals surface area contributed by atoms with Gasteiger partial charge in [-0.2, -0.15) is 11.8 Å². The first-order chi connectivity index (χ1) is 9.61. The molecule has 1 aromatic carbocycles. The molecule has 0 aliphatic rings. The average molecular weight is 354 g/mol. The Balaban J connectivity index is 2.19. The number of hydrogen-bond donors (Lipinski definition) is 2. The quantitative estimate of drug-likeness (QED) is 0.866. The number of benzene rings is 1. The summed E-state index contributed by atoms with van der Waals surface area (Å²) < 4.78 is 0.908. The Kier molecular flexibility index (Phi) is 5.39. The van der Waals surface area contributed by atoms with Gasteiger partial charge in [-0.25, -0.2) is 0 Å². The molecule has 1 aromatic heterocycles. The first-order valence-electron chi connectivity index (χ1n) is 6.21. The molecule has 0 saturated heterocycles. The van der Waals surface area contributed by atoms with Crippen molar-refractivity contribution in [2.75, 3.05) is 17.3 Å². The van der Waals surface area contributed by atoms with Crippen LogP contribution in [0, 0.1) is 0 Å². The zero-order valence-electron chi connectivity index (χ0n) is 11.1. The molecule has 1 heterocycles. The van der Waals surface area contributed by atoms with E-state index in [0.717, 1.165) is 21.1 Å². The first-order valence-corrected chi connectivity index (χ1v) is 8.40. The number of thioether (sulfide) groups is 1. The molecule has 6 heteroatoms. The fourth-order valence-electron chi connectivity index (χ4n) is 1.84. The van der Waals surface area contributed by atoms with Gasteiger partial charge in [-0.05, 0) is 46.5 Å². The highest BCUT2D eigenvalue weighted by Crippen LogP contribution is 2.24. The molecule has 1 atom stereocenters. The van der Waals surface area contributed by atoms with Gasteiger partial charge in [0.1, 0.15) is 0 Å².